The van der Waals surface area contributed by atoms with Gasteiger partial charge in [0.25, 0.3) is 0 Å². The molecular formula is C21H36O2. The van der Waals surface area contributed by atoms with E-state index in [2.05, 4.69) is 45.9 Å². The largest absolute Gasteiger partial charge is 0.344 e. The molecule has 1 aliphatic heterocycles. The predicted octanol–water partition coefficient (Wildman–Crippen LogP) is 6.19. The number of rotatable bonds is 9. The van der Waals surface area contributed by atoms with E-state index in [-0.39, 0.29) is 6.10 Å². The van der Waals surface area contributed by atoms with E-state index in [1.807, 2.05) is 19.9 Å². The normalized spacial score (nSPS) is 26.7. The molecule has 2 atom stereocenters. The average molecular weight is 321 g/mol. The van der Waals surface area contributed by atoms with Crippen LogP contribution in [0.25, 0.3) is 0 Å². The summed E-state index contributed by atoms with van der Waals surface area (Å²) in [6.45, 7) is 13.7. The molecule has 1 aliphatic rings. The molecule has 0 aromatic rings. The van der Waals surface area contributed by atoms with Crippen molar-refractivity contribution in [1.29, 1.82) is 0 Å². The van der Waals surface area contributed by atoms with Gasteiger partial charge in [0.15, 0.2) is 5.79 Å². The monoisotopic (exact) mass is 320 g/mol. The van der Waals surface area contributed by atoms with Crippen molar-refractivity contribution in [3.63, 3.8) is 0 Å². The Morgan fingerprint density at radius 2 is 1.96 bits per heavy atom. The molecule has 0 aromatic carbocycles. The zero-order valence-corrected chi connectivity index (χ0v) is 16.0. The van der Waals surface area contributed by atoms with Crippen LogP contribution in [0, 0.1) is 5.92 Å². The minimum atomic E-state index is -0.552. The molecule has 0 spiro atoms. The lowest BCUT2D eigenvalue weighted by molar-refractivity contribution is -0.111. The van der Waals surface area contributed by atoms with E-state index in [9.17, 15) is 0 Å². The van der Waals surface area contributed by atoms with Crippen molar-refractivity contribution >= 4 is 0 Å². The lowest BCUT2D eigenvalue weighted by Crippen LogP contribution is -2.22. The van der Waals surface area contributed by atoms with Crippen molar-refractivity contribution in [2.24, 2.45) is 5.92 Å². The van der Waals surface area contributed by atoms with Crippen molar-refractivity contribution in [2.45, 2.75) is 85.5 Å². The smallest absolute Gasteiger partial charge is 0.185 e. The first-order valence-corrected chi connectivity index (χ1v) is 9.13. The Kier molecular flexibility index (Phi) is 8.86. The van der Waals surface area contributed by atoms with E-state index < -0.39 is 5.79 Å². The molecule has 2 heteroatoms. The van der Waals surface area contributed by atoms with Gasteiger partial charge >= 0.3 is 0 Å². The van der Waals surface area contributed by atoms with Gasteiger partial charge in [-0.05, 0) is 65.4 Å². The van der Waals surface area contributed by atoms with Crippen LogP contribution in [0.15, 0.2) is 35.5 Å². The third-order valence-corrected chi connectivity index (χ3v) is 4.20. The second-order valence-corrected chi connectivity index (χ2v) is 7.50. The number of hydrogen-bond donors (Lipinski definition) is 0. The van der Waals surface area contributed by atoms with Gasteiger partial charge in [-0.25, -0.2) is 0 Å². The maximum absolute atomic E-state index is 5.75. The third kappa shape index (κ3) is 9.12. The highest BCUT2D eigenvalue weighted by atomic mass is 16.7. The molecule has 2 unspecified atom stereocenters. The van der Waals surface area contributed by atoms with Crippen LogP contribution >= 0.6 is 0 Å². The summed E-state index contributed by atoms with van der Waals surface area (Å²) in [6, 6.07) is 0. The van der Waals surface area contributed by atoms with Crippen molar-refractivity contribution < 1.29 is 9.47 Å². The molecule has 0 aliphatic carbocycles. The van der Waals surface area contributed by atoms with E-state index in [0.29, 0.717) is 6.61 Å². The van der Waals surface area contributed by atoms with Crippen molar-refractivity contribution in [1.82, 2.24) is 0 Å². The Hall–Kier alpha value is -0.860. The SMILES string of the molecule is C/C(=C\C=C\C1(C)OCC(C)O1)CC/C=C(\C)CCCC(C)C. The average Bonchev–Trinajstić information content (AvgIpc) is 2.78. The standard InChI is InChI=1S/C21H36O2/c1-17(2)10-7-11-18(3)12-8-13-19(4)14-9-15-21(6)22-16-20(5)23-21/h9,12,14-15,17,20H,7-8,10-11,13,16H2,1-6H3/b15-9+,18-12+,19-14+. The van der Waals surface area contributed by atoms with Gasteiger partial charge in [0.2, 0.25) is 0 Å². The molecule has 1 saturated heterocycles. The van der Waals surface area contributed by atoms with Crippen molar-refractivity contribution in [3.8, 4) is 0 Å². The van der Waals surface area contributed by atoms with E-state index in [0.717, 1.165) is 18.8 Å². The summed E-state index contributed by atoms with van der Waals surface area (Å²) in [5.41, 5.74) is 2.92. The van der Waals surface area contributed by atoms with Crippen LogP contribution in [-0.4, -0.2) is 18.5 Å². The molecule has 1 heterocycles. The summed E-state index contributed by atoms with van der Waals surface area (Å²) < 4.78 is 11.4. The molecule has 0 aromatic heterocycles. The van der Waals surface area contributed by atoms with Crippen LogP contribution < -0.4 is 0 Å². The molecule has 1 rings (SSSR count). The first-order valence-electron chi connectivity index (χ1n) is 9.13. The summed E-state index contributed by atoms with van der Waals surface area (Å²) in [5.74, 6) is 0.265. The van der Waals surface area contributed by atoms with Gasteiger partial charge in [0.05, 0.1) is 12.7 Å². The van der Waals surface area contributed by atoms with Crippen LogP contribution in [0.3, 0.4) is 0 Å². The fourth-order valence-corrected chi connectivity index (χ4v) is 2.75. The molecule has 0 saturated carbocycles. The fraction of sp³-hybridized carbons (Fsp3) is 0.714. The van der Waals surface area contributed by atoms with Gasteiger partial charge in [0, 0.05) is 0 Å². The Labute approximate surface area is 143 Å². The van der Waals surface area contributed by atoms with Crippen LogP contribution in [0.5, 0.6) is 0 Å². The molecule has 132 valence electrons. The van der Waals surface area contributed by atoms with Gasteiger partial charge in [-0.2, -0.15) is 0 Å². The van der Waals surface area contributed by atoms with Crippen LogP contribution in [0.1, 0.15) is 73.6 Å². The summed E-state index contributed by atoms with van der Waals surface area (Å²) >= 11 is 0. The quantitative estimate of drug-likeness (QED) is 0.372. The number of hydrogen-bond acceptors (Lipinski definition) is 2. The van der Waals surface area contributed by atoms with Crippen molar-refractivity contribution in [3.05, 3.63) is 35.5 Å². The molecule has 1 fully saturated rings. The number of ether oxygens (including phenoxy) is 2. The minimum Gasteiger partial charge on any atom is -0.344 e. The molecule has 0 N–H and O–H groups in total. The van der Waals surface area contributed by atoms with Gasteiger partial charge < -0.3 is 9.47 Å². The highest BCUT2D eigenvalue weighted by molar-refractivity contribution is 5.14. The van der Waals surface area contributed by atoms with Crippen LogP contribution in [0.2, 0.25) is 0 Å². The highest BCUT2D eigenvalue weighted by Gasteiger charge is 2.32. The van der Waals surface area contributed by atoms with Gasteiger partial charge in [-0.15, -0.1) is 0 Å². The Morgan fingerprint density at radius 3 is 2.57 bits per heavy atom. The molecule has 2 nitrogen and oxygen atoms in total. The summed E-state index contributed by atoms with van der Waals surface area (Å²) in [5, 5.41) is 0. The predicted molar refractivity (Wildman–Crippen MR) is 99.5 cm³/mol. The van der Waals surface area contributed by atoms with Gasteiger partial charge in [0.1, 0.15) is 0 Å². The molecular weight excluding hydrogens is 284 g/mol. The first-order chi connectivity index (χ1) is 10.8. The Morgan fingerprint density at radius 1 is 1.22 bits per heavy atom. The van der Waals surface area contributed by atoms with Crippen LogP contribution in [0.4, 0.5) is 0 Å². The third-order valence-electron chi connectivity index (χ3n) is 4.20. The minimum absolute atomic E-state index is 0.179. The molecule has 23 heavy (non-hydrogen) atoms. The van der Waals surface area contributed by atoms with E-state index in [1.54, 1.807) is 0 Å². The highest BCUT2D eigenvalue weighted by Crippen LogP contribution is 2.24. The van der Waals surface area contributed by atoms with E-state index >= 15 is 0 Å². The first kappa shape index (κ1) is 20.2. The Balaban J connectivity index is 2.28. The fourth-order valence-electron chi connectivity index (χ4n) is 2.75. The molecule has 0 amide bonds. The molecule has 0 radical (unpaired) electrons. The summed E-state index contributed by atoms with van der Waals surface area (Å²) in [7, 11) is 0. The van der Waals surface area contributed by atoms with E-state index in [4.69, 9.17) is 9.47 Å². The summed E-state index contributed by atoms with van der Waals surface area (Å²) in [4.78, 5) is 0. The van der Waals surface area contributed by atoms with E-state index in [1.165, 1.54) is 30.4 Å². The zero-order valence-electron chi connectivity index (χ0n) is 16.0. The lowest BCUT2D eigenvalue weighted by atomic mass is 10.0. The van der Waals surface area contributed by atoms with Crippen LogP contribution in [-0.2, 0) is 9.47 Å². The topological polar surface area (TPSA) is 18.5 Å². The second kappa shape index (κ2) is 10.1. The summed E-state index contributed by atoms with van der Waals surface area (Å²) in [6.07, 6.45) is 14.9. The lowest BCUT2D eigenvalue weighted by Gasteiger charge is -2.17. The second-order valence-electron chi connectivity index (χ2n) is 7.50. The van der Waals surface area contributed by atoms with Gasteiger partial charge in [-0.3, -0.25) is 0 Å². The maximum Gasteiger partial charge on any atom is 0.185 e. The Bertz CT molecular complexity index is 431. The van der Waals surface area contributed by atoms with Gasteiger partial charge in [-0.1, -0.05) is 49.6 Å². The van der Waals surface area contributed by atoms with Crippen molar-refractivity contribution in [2.75, 3.05) is 6.61 Å². The molecule has 0 bridgehead atoms. The maximum atomic E-state index is 5.75. The number of allylic oxidation sites excluding steroid dienone is 5. The zero-order chi connectivity index (χ0) is 17.3.